The Morgan fingerprint density at radius 3 is 2.63 bits per heavy atom. The Bertz CT molecular complexity index is 827. The third-order valence-corrected chi connectivity index (χ3v) is 10.9. The Balaban J connectivity index is 1.33. The number of carbonyl (C=O) groups is 2. The first-order chi connectivity index (χ1) is 12.9. The van der Waals surface area contributed by atoms with E-state index < -0.39 is 0 Å². The van der Waals surface area contributed by atoms with Crippen LogP contribution in [0.2, 0.25) is 0 Å². The second kappa shape index (κ2) is 4.39. The summed E-state index contributed by atoms with van der Waals surface area (Å²) in [5.74, 6) is 5.65. The Hall–Kier alpha value is -1.12. The predicted molar refractivity (Wildman–Crippen MR) is 99.5 cm³/mol. The van der Waals surface area contributed by atoms with Gasteiger partial charge in [-0.25, -0.2) is 0 Å². The third kappa shape index (κ3) is 1.58. The van der Waals surface area contributed by atoms with Crippen LogP contribution in [-0.4, -0.2) is 17.4 Å². The zero-order valence-electron chi connectivity index (χ0n) is 16.5. The number of esters is 1. The van der Waals surface area contributed by atoms with Crippen LogP contribution in [0.4, 0.5) is 0 Å². The van der Waals surface area contributed by atoms with E-state index in [2.05, 4.69) is 19.9 Å². The van der Waals surface area contributed by atoms with Crippen molar-refractivity contribution in [1.82, 2.24) is 0 Å². The fourth-order valence-corrected chi connectivity index (χ4v) is 9.74. The molecule has 0 aromatic heterocycles. The molecule has 0 bridgehead atoms. The molecule has 10 atom stereocenters. The Labute approximate surface area is 161 Å². The minimum atomic E-state index is -0.131. The van der Waals surface area contributed by atoms with Gasteiger partial charge in [0.1, 0.15) is 5.60 Å². The molecule has 27 heavy (non-hydrogen) atoms. The summed E-state index contributed by atoms with van der Waals surface area (Å²) in [6.45, 7) is 4.99. The van der Waals surface area contributed by atoms with Gasteiger partial charge in [-0.15, -0.1) is 0 Å². The highest BCUT2D eigenvalue weighted by atomic mass is 16.6. The molecule has 0 aromatic carbocycles. The maximum atomic E-state index is 12.2. The van der Waals surface area contributed by atoms with Gasteiger partial charge in [-0.2, -0.15) is 0 Å². The largest absolute Gasteiger partial charge is 0.458 e. The standard InChI is InChI=1S/C24H30O3/c1-22-6-3-12(25)9-17(22)13-10-14(13)20-16(22)4-7-23(2)21(20)15-11-18(15)24(23)8-5-19(26)27-24/h9,13-16,18,20-21H,3-8,10-11H2,1-2H3/t13-,14+,15+,16+,18-,20-,21+,22-,23+,24?/m1/s1. The van der Waals surface area contributed by atoms with Crippen molar-refractivity contribution >= 4 is 11.8 Å². The first-order valence-corrected chi connectivity index (χ1v) is 11.4. The van der Waals surface area contributed by atoms with Gasteiger partial charge in [0.2, 0.25) is 0 Å². The monoisotopic (exact) mass is 366 g/mol. The van der Waals surface area contributed by atoms with Crippen molar-refractivity contribution in [3.05, 3.63) is 11.6 Å². The first-order valence-electron chi connectivity index (χ1n) is 11.4. The SMILES string of the molecule is C[C@]12CCC(=O)C=C1[C@@H]1C[C@@H]1[C@H]1[C@@H]3[C@H]4C[C@H]4C4(CCC(=O)O4)[C@@]3(C)CC[C@@H]12. The molecule has 1 spiro atoms. The number of ether oxygens (including phenoxy) is 1. The first kappa shape index (κ1) is 15.8. The van der Waals surface area contributed by atoms with E-state index in [-0.39, 0.29) is 22.4 Å². The summed E-state index contributed by atoms with van der Waals surface area (Å²) < 4.78 is 6.22. The highest BCUT2D eigenvalue weighted by Gasteiger charge is 2.81. The van der Waals surface area contributed by atoms with Gasteiger partial charge < -0.3 is 4.74 Å². The minimum Gasteiger partial charge on any atom is -0.458 e. The Morgan fingerprint density at radius 2 is 1.85 bits per heavy atom. The molecule has 7 rings (SSSR count). The number of allylic oxidation sites excluding steroid dienone is 1. The lowest BCUT2D eigenvalue weighted by Crippen LogP contribution is -2.57. The number of rotatable bonds is 0. The normalized spacial score (nSPS) is 62.0. The minimum absolute atomic E-state index is 0.0561. The van der Waals surface area contributed by atoms with E-state index in [9.17, 15) is 9.59 Å². The molecule has 6 aliphatic carbocycles. The van der Waals surface area contributed by atoms with E-state index >= 15 is 0 Å². The maximum absolute atomic E-state index is 12.2. The van der Waals surface area contributed by atoms with E-state index in [0.717, 1.165) is 48.9 Å². The zero-order valence-corrected chi connectivity index (χ0v) is 16.5. The van der Waals surface area contributed by atoms with Crippen molar-refractivity contribution < 1.29 is 14.3 Å². The van der Waals surface area contributed by atoms with Crippen LogP contribution in [0, 0.1) is 52.3 Å². The Morgan fingerprint density at radius 1 is 1.00 bits per heavy atom. The summed E-state index contributed by atoms with van der Waals surface area (Å²) in [4.78, 5) is 24.3. The van der Waals surface area contributed by atoms with Gasteiger partial charge in [0.05, 0.1) is 0 Å². The smallest absolute Gasteiger partial charge is 0.306 e. The van der Waals surface area contributed by atoms with Gasteiger partial charge in [-0.05, 0) is 85.5 Å². The maximum Gasteiger partial charge on any atom is 0.306 e. The second-order valence-electron chi connectivity index (χ2n) is 11.5. The molecule has 3 nitrogen and oxygen atoms in total. The fourth-order valence-electron chi connectivity index (χ4n) is 9.74. The van der Waals surface area contributed by atoms with Crippen LogP contribution in [-0.2, 0) is 14.3 Å². The molecule has 1 heterocycles. The molecular weight excluding hydrogens is 336 g/mol. The lowest BCUT2D eigenvalue weighted by Gasteiger charge is -2.60. The summed E-state index contributed by atoms with van der Waals surface area (Å²) >= 11 is 0. The van der Waals surface area contributed by atoms with Crippen LogP contribution < -0.4 is 0 Å². The van der Waals surface area contributed by atoms with Gasteiger partial charge in [0.15, 0.2) is 5.78 Å². The van der Waals surface area contributed by atoms with E-state index in [1.807, 2.05) is 0 Å². The molecule has 144 valence electrons. The van der Waals surface area contributed by atoms with Crippen LogP contribution >= 0.6 is 0 Å². The lowest BCUT2D eigenvalue weighted by atomic mass is 9.45. The fraction of sp³-hybridized carbons (Fsp3) is 0.833. The molecule has 0 N–H and O–H groups in total. The van der Waals surface area contributed by atoms with Crippen LogP contribution in [0.3, 0.4) is 0 Å². The van der Waals surface area contributed by atoms with Gasteiger partial charge in [-0.1, -0.05) is 19.4 Å². The highest BCUT2D eigenvalue weighted by Crippen LogP contribution is 2.82. The zero-order chi connectivity index (χ0) is 18.3. The van der Waals surface area contributed by atoms with Crippen molar-refractivity contribution in [3.8, 4) is 0 Å². The third-order valence-electron chi connectivity index (χ3n) is 10.9. The summed E-state index contributed by atoms with van der Waals surface area (Å²) in [6.07, 6.45) is 10.6. The molecule has 1 aliphatic heterocycles. The lowest BCUT2D eigenvalue weighted by molar-refractivity contribution is -0.177. The number of fused-ring (bicyclic) bond motifs is 12. The van der Waals surface area contributed by atoms with Crippen molar-refractivity contribution in [2.45, 2.75) is 70.8 Å². The summed E-state index contributed by atoms with van der Waals surface area (Å²) in [5, 5.41) is 0. The summed E-state index contributed by atoms with van der Waals surface area (Å²) in [7, 11) is 0. The van der Waals surface area contributed by atoms with Crippen LogP contribution in [0.25, 0.3) is 0 Å². The van der Waals surface area contributed by atoms with Crippen molar-refractivity contribution in [1.29, 1.82) is 0 Å². The number of hydrogen-bond acceptors (Lipinski definition) is 3. The van der Waals surface area contributed by atoms with Crippen LogP contribution in [0.1, 0.15) is 65.2 Å². The molecule has 1 unspecified atom stereocenters. The van der Waals surface area contributed by atoms with Gasteiger partial charge in [0, 0.05) is 24.2 Å². The molecular formula is C24H30O3. The van der Waals surface area contributed by atoms with Gasteiger partial charge in [-0.3, -0.25) is 9.59 Å². The quantitative estimate of drug-likeness (QED) is 0.600. The van der Waals surface area contributed by atoms with Crippen LogP contribution in [0.15, 0.2) is 11.6 Å². The number of ketones is 1. The molecule has 0 radical (unpaired) electrons. The Kier molecular flexibility index (Phi) is 2.56. The average molecular weight is 367 g/mol. The molecule has 5 saturated carbocycles. The molecule has 0 aromatic rings. The molecule has 1 saturated heterocycles. The second-order valence-corrected chi connectivity index (χ2v) is 11.5. The molecule has 7 aliphatic rings. The van der Waals surface area contributed by atoms with Crippen molar-refractivity contribution in [2.24, 2.45) is 52.3 Å². The highest BCUT2D eigenvalue weighted by molar-refractivity contribution is 5.92. The van der Waals surface area contributed by atoms with E-state index in [4.69, 9.17) is 4.74 Å². The number of carbonyl (C=O) groups excluding carboxylic acids is 2. The molecule has 3 heteroatoms. The predicted octanol–water partition coefficient (Wildman–Crippen LogP) is 4.31. The van der Waals surface area contributed by atoms with Crippen molar-refractivity contribution in [3.63, 3.8) is 0 Å². The van der Waals surface area contributed by atoms with E-state index in [1.54, 1.807) is 0 Å². The van der Waals surface area contributed by atoms with E-state index in [1.165, 1.54) is 31.3 Å². The number of hydrogen-bond donors (Lipinski definition) is 0. The average Bonchev–Trinajstić information content (AvgIpc) is 3.53. The summed E-state index contributed by atoms with van der Waals surface area (Å²) in [6, 6.07) is 0. The van der Waals surface area contributed by atoms with Gasteiger partial charge >= 0.3 is 5.97 Å². The van der Waals surface area contributed by atoms with Gasteiger partial charge in [0.25, 0.3) is 0 Å². The molecule has 6 fully saturated rings. The van der Waals surface area contributed by atoms with E-state index in [0.29, 0.717) is 24.0 Å². The van der Waals surface area contributed by atoms with Crippen molar-refractivity contribution in [2.75, 3.05) is 0 Å². The topological polar surface area (TPSA) is 43.4 Å². The molecule has 0 amide bonds. The summed E-state index contributed by atoms with van der Waals surface area (Å²) in [5.41, 5.74) is 1.85. The van der Waals surface area contributed by atoms with Crippen LogP contribution in [0.5, 0.6) is 0 Å².